The topological polar surface area (TPSA) is 21.3 Å². The number of methoxy groups -OCH3 is 1. The first kappa shape index (κ1) is 15.8. The summed E-state index contributed by atoms with van der Waals surface area (Å²) in [6.45, 7) is 2.84. The van der Waals surface area contributed by atoms with Gasteiger partial charge in [0, 0.05) is 11.1 Å². The minimum atomic E-state index is -0.295. The van der Waals surface area contributed by atoms with Crippen molar-refractivity contribution < 1.29 is 9.13 Å². The second-order valence-electron chi connectivity index (χ2n) is 4.80. The van der Waals surface area contributed by atoms with Gasteiger partial charge in [0.05, 0.1) is 7.11 Å². The second-order valence-corrected chi connectivity index (χ2v) is 5.24. The fourth-order valence-corrected chi connectivity index (χ4v) is 2.47. The summed E-state index contributed by atoms with van der Waals surface area (Å²) in [6.07, 6.45) is 0.554. The molecule has 21 heavy (non-hydrogen) atoms. The molecule has 0 saturated carbocycles. The summed E-state index contributed by atoms with van der Waals surface area (Å²) in [5.74, 6) is -0.0179. The quantitative estimate of drug-likeness (QED) is 0.855. The first-order valence-corrected chi connectivity index (χ1v) is 7.33. The molecule has 2 rings (SSSR count). The molecule has 0 aliphatic rings. The van der Waals surface area contributed by atoms with Crippen molar-refractivity contribution in [3.05, 3.63) is 64.4 Å². The van der Waals surface area contributed by atoms with Gasteiger partial charge in [-0.1, -0.05) is 42.8 Å². The van der Waals surface area contributed by atoms with Crippen LogP contribution in [0.25, 0.3) is 0 Å². The van der Waals surface area contributed by atoms with Gasteiger partial charge < -0.3 is 10.1 Å². The number of likely N-dealkylation sites (N-methyl/N-ethyl adjacent to an activating group) is 1. The van der Waals surface area contributed by atoms with Crippen LogP contribution in [0.3, 0.4) is 0 Å². The maximum atomic E-state index is 14.3. The van der Waals surface area contributed by atoms with E-state index in [0.717, 1.165) is 12.1 Å². The smallest absolute Gasteiger partial charge is 0.168 e. The van der Waals surface area contributed by atoms with Crippen LogP contribution in [-0.4, -0.2) is 13.7 Å². The van der Waals surface area contributed by atoms with Gasteiger partial charge in [0.25, 0.3) is 0 Å². The molecule has 112 valence electrons. The molecule has 0 radical (unpaired) electrons. The van der Waals surface area contributed by atoms with Gasteiger partial charge in [0.2, 0.25) is 0 Å². The van der Waals surface area contributed by atoms with Crippen molar-refractivity contribution in [3.63, 3.8) is 0 Å². The van der Waals surface area contributed by atoms with E-state index in [1.54, 1.807) is 12.1 Å². The Morgan fingerprint density at radius 1 is 1.19 bits per heavy atom. The Bertz CT molecular complexity index is 586. The lowest BCUT2D eigenvalue weighted by Crippen LogP contribution is -2.23. The molecule has 0 aliphatic heterocycles. The lowest BCUT2D eigenvalue weighted by molar-refractivity contribution is 0.382. The molecule has 0 aromatic heterocycles. The molecule has 2 nitrogen and oxygen atoms in total. The van der Waals surface area contributed by atoms with Crippen LogP contribution in [0.15, 0.2) is 42.5 Å². The lowest BCUT2D eigenvalue weighted by Gasteiger charge is -2.19. The van der Waals surface area contributed by atoms with Crippen molar-refractivity contribution in [2.45, 2.75) is 19.4 Å². The van der Waals surface area contributed by atoms with E-state index in [4.69, 9.17) is 16.3 Å². The van der Waals surface area contributed by atoms with Crippen LogP contribution < -0.4 is 10.1 Å². The Morgan fingerprint density at radius 3 is 2.52 bits per heavy atom. The van der Waals surface area contributed by atoms with Gasteiger partial charge in [0.1, 0.15) is 0 Å². The summed E-state index contributed by atoms with van der Waals surface area (Å²) in [6, 6.07) is 12.9. The third-order valence-electron chi connectivity index (χ3n) is 3.41. The number of nitrogens with one attached hydrogen (secondary N) is 1. The standard InChI is InChI=1S/C17H19ClFNO/c1-3-20-15(12-7-9-14(18)10-8-12)11-13-5-4-6-16(21-2)17(13)19/h4-10,15,20H,3,11H2,1-2H3. The van der Waals surface area contributed by atoms with Crippen molar-refractivity contribution in [2.24, 2.45) is 0 Å². The Kier molecular flexibility index (Phi) is 5.59. The molecule has 4 heteroatoms. The molecule has 2 aromatic rings. The monoisotopic (exact) mass is 307 g/mol. The number of ether oxygens (including phenoxy) is 1. The van der Waals surface area contributed by atoms with Crippen LogP contribution in [0.2, 0.25) is 5.02 Å². The van der Waals surface area contributed by atoms with Gasteiger partial charge in [-0.25, -0.2) is 4.39 Å². The predicted molar refractivity (Wildman–Crippen MR) is 84.5 cm³/mol. The molecule has 1 atom stereocenters. The van der Waals surface area contributed by atoms with Gasteiger partial charge in [-0.3, -0.25) is 0 Å². The molecule has 0 spiro atoms. The number of hydrogen-bond acceptors (Lipinski definition) is 2. The molecule has 0 amide bonds. The van der Waals surface area contributed by atoms with Gasteiger partial charge in [-0.15, -0.1) is 0 Å². The van der Waals surface area contributed by atoms with Crippen LogP contribution in [0.4, 0.5) is 4.39 Å². The highest BCUT2D eigenvalue weighted by Gasteiger charge is 2.15. The summed E-state index contributed by atoms with van der Waals surface area (Å²) in [4.78, 5) is 0. The van der Waals surface area contributed by atoms with Crippen LogP contribution in [-0.2, 0) is 6.42 Å². The summed E-state index contributed by atoms with van der Waals surface area (Å²) < 4.78 is 19.3. The van der Waals surface area contributed by atoms with Crippen LogP contribution in [0, 0.1) is 5.82 Å². The highest BCUT2D eigenvalue weighted by Crippen LogP contribution is 2.26. The molecular weight excluding hydrogens is 289 g/mol. The van der Waals surface area contributed by atoms with Crippen LogP contribution >= 0.6 is 11.6 Å². The highest BCUT2D eigenvalue weighted by molar-refractivity contribution is 6.30. The van der Waals surface area contributed by atoms with E-state index in [1.807, 2.05) is 37.3 Å². The average molecular weight is 308 g/mol. The first-order valence-electron chi connectivity index (χ1n) is 6.96. The van der Waals surface area contributed by atoms with E-state index in [9.17, 15) is 4.39 Å². The number of rotatable bonds is 6. The Morgan fingerprint density at radius 2 is 1.90 bits per heavy atom. The number of hydrogen-bond donors (Lipinski definition) is 1. The van der Waals surface area contributed by atoms with E-state index in [0.29, 0.717) is 17.0 Å². The van der Waals surface area contributed by atoms with Gasteiger partial charge in [-0.2, -0.15) is 0 Å². The van der Waals surface area contributed by atoms with E-state index < -0.39 is 0 Å². The Hall–Kier alpha value is -1.58. The van der Waals surface area contributed by atoms with E-state index in [1.165, 1.54) is 7.11 Å². The predicted octanol–water partition coefficient (Wildman–Crippen LogP) is 4.38. The molecule has 1 N–H and O–H groups in total. The minimum Gasteiger partial charge on any atom is -0.494 e. The molecule has 0 saturated heterocycles. The normalized spacial score (nSPS) is 12.2. The van der Waals surface area contributed by atoms with Crippen molar-refractivity contribution in [2.75, 3.05) is 13.7 Å². The molecular formula is C17H19ClFNO. The Labute approximate surface area is 129 Å². The fourth-order valence-electron chi connectivity index (χ4n) is 2.34. The first-order chi connectivity index (χ1) is 10.2. The zero-order valence-electron chi connectivity index (χ0n) is 12.2. The second kappa shape index (κ2) is 7.43. The van der Waals surface area contributed by atoms with Crippen molar-refractivity contribution in [3.8, 4) is 5.75 Å². The highest BCUT2D eigenvalue weighted by atomic mass is 35.5. The zero-order valence-corrected chi connectivity index (χ0v) is 13.0. The van der Waals surface area contributed by atoms with Crippen LogP contribution in [0.1, 0.15) is 24.1 Å². The van der Waals surface area contributed by atoms with Crippen LogP contribution in [0.5, 0.6) is 5.75 Å². The van der Waals surface area contributed by atoms with Gasteiger partial charge in [-0.05, 0) is 42.3 Å². The summed E-state index contributed by atoms with van der Waals surface area (Å²) in [5, 5.41) is 4.08. The molecule has 0 aliphatic carbocycles. The maximum Gasteiger partial charge on any atom is 0.168 e. The molecule has 2 aromatic carbocycles. The maximum absolute atomic E-state index is 14.3. The zero-order chi connectivity index (χ0) is 15.2. The van der Waals surface area contributed by atoms with Crippen molar-refractivity contribution in [1.29, 1.82) is 0 Å². The Balaban J connectivity index is 2.26. The van der Waals surface area contributed by atoms with E-state index in [-0.39, 0.29) is 17.6 Å². The van der Waals surface area contributed by atoms with E-state index >= 15 is 0 Å². The third kappa shape index (κ3) is 3.96. The van der Waals surface area contributed by atoms with Gasteiger partial charge in [0.15, 0.2) is 11.6 Å². The number of benzene rings is 2. The summed E-state index contributed by atoms with van der Waals surface area (Å²) in [5.41, 5.74) is 1.72. The lowest BCUT2D eigenvalue weighted by atomic mass is 9.98. The molecule has 0 fully saturated rings. The minimum absolute atomic E-state index is 0.0360. The largest absolute Gasteiger partial charge is 0.494 e. The van der Waals surface area contributed by atoms with Crippen molar-refractivity contribution >= 4 is 11.6 Å². The summed E-state index contributed by atoms with van der Waals surface area (Å²) in [7, 11) is 1.48. The summed E-state index contributed by atoms with van der Waals surface area (Å²) >= 11 is 5.92. The van der Waals surface area contributed by atoms with Gasteiger partial charge >= 0.3 is 0 Å². The SMILES string of the molecule is CCNC(Cc1cccc(OC)c1F)c1ccc(Cl)cc1. The van der Waals surface area contributed by atoms with E-state index in [2.05, 4.69) is 5.32 Å². The fraction of sp³-hybridized carbons (Fsp3) is 0.294. The average Bonchev–Trinajstić information content (AvgIpc) is 2.49. The van der Waals surface area contributed by atoms with Crippen molar-refractivity contribution in [1.82, 2.24) is 5.32 Å². The molecule has 0 heterocycles. The molecule has 1 unspecified atom stereocenters. The third-order valence-corrected chi connectivity index (χ3v) is 3.66. The number of halogens is 2. The molecule has 0 bridgehead atoms.